The van der Waals surface area contributed by atoms with Crippen molar-refractivity contribution < 1.29 is 14.7 Å². The topological polar surface area (TPSA) is 92.4 Å². The quantitative estimate of drug-likeness (QED) is 0.718. The third kappa shape index (κ3) is 3.76. The molecule has 0 spiro atoms. The van der Waals surface area contributed by atoms with E-state index in [9.17, 15) is 14.7 Å². The first kappa shape index (κ1) is 16.3. The van der Waals surface area contributed by atoms with Gasteiger partial charge >= 0.3 is 5.97 Å². The van der Waals surface area contributed by atoms with Crippen LogP contribution in [0, 0.1) is 29.1 Å². The van der Waals surface area contributed by atoms with Crippen LogP contribution in [-0.2, 0) is 9.59 Å². The minimum Gasteiger partial charge on any atom is -0.481 e. The highest BCUT2D eigenvalue weighted by Gasteiger charge is 2.49. The van der Waals surface area contributed by atoms with E-state index in [-0.39, 0.29) is 29.8 Å². The SMILES string of the molecule is CC(C)(C)CC(CNC(=O)C1C2CCC(C2)C1N)C(=O)O. The summed E-state index contributed by atoms with van der Waals surface area (Å²) in [5.74, 6) is -0.666. The van der Waals surface area contributed by atoms with Crippen molar-refractivity contribution >= 4 is 11.9 Å². The number of amides is 1. The molecule has 2 bridgehead atoms. The van der Waals surface area contributed by atoms with Gasteiger partial charge < -0.3 is 16.2 Å². The summed E-state index contributed by atoms with van der Waals surface area (Å²) in [6.45, 7) is 6.23. The minimum absolute atomic E-state index is 0.0464. The summed E-state index contributed by atoms with van der Waals surface area (Å²) in [5.41, 5.74) is 6.08. The fourth-order valence-corrected chi connectivity index (χ4v) is 4.05. The van der Waals surface area contributed by atoms with Crippen LogP contribution in [0.4, 0.5) is 0 Å². The fraction of sp³-hybridized carbons (Fsp3) is 0.875. The lowest BCUT2D eigenvalue weighted by Gasteiger charge is -2.28. The number of hydrogen-bond donors (Lipinski definition) is 3. The number of carbonyl (C=O) groups excluding carboxylic acids is 1. The number of nitrogens with two attached hydrogens (primary N) is 1. The van der Waals surface area contributed by atoms with Gasteiger partial charge in [0.05, 0.1) is 11.8 Å². The van der Waals surface area contributed by atoms with Gasteiger partial charge in [0, 0.05) is 12.6 Å². The molecule has 0 aromatic rings. The summed E-state index contributed by atoms with van der Waals surface area (Å²) in [6, 6.07) is -0.0466. The number of fused-ring (bicyclic) bond motifs is 2. The van der Waals surface area contributed by atoms with E-state index in [1.54, 1.807) is 0 Å². The predicted octanol–water partition coefficient (Wildman–Crippen LogP) is 1.61. The number of aliphatic carboxylic acids is 1. The van der Waals surface area contributed by atoms with Crippen LogP contribution in [0.1, 0.15) is 46.5 Å². The van der Waals surface area contributed by atoms with E-state index >= 15 is 0 Å². The summed E-state index contributed by atoms with van der Waals surface area (Å²) in [6.07, 6.45) is 3.83. The van der Waals surface area contributed by atoms with Gasteiger partial charge in [0.15, 0.2) is 0 Å². The number of hydrogen-bond acceptors (Lipinski definition) is 3. The third-order valence-electron chi connectivity index (χ3n) is 5.01. The van der Waals surface area contributed by atoms with Gasteiger partial charge in [-0.3, -0.25) is 9.59 Å². The van der Waals surface area contributed by atoms with Gasteiger partial charge in [-0.25, -0.2) is 0 Å². The molecule has 2 aliphatic rings. The second kappa shape index (κ2) is 5.95. The Morgan fingerprint density at radius 2 is 1.90 bits per heavy atom. The Balaban J connectivity index is 1.89. The van der Waals surface area contributed by atoms with E-state index in [1.807, 2.05) is 20.8 Å². The number of rotatable bonds is 5. The Morgan fingerprint density at radius 3 is 2.38 bits per heavy atom. The average molecular weight is 296 g/mol. The van der Waals surface area contributed by atoms with Gasteiger partial charge in [0.1, 0.15) is 0 Å². The Bertz CT molecular complexity index is 414. The molecule has 120 valence electrons. The molecule has 21 heavy (non-hydrogen) atoms. The largest absolute Gasteiger partial charge is 0.481 e. The highest BCUT2D eigenvalue weighted by molar-refractivity contribution is 5.81. The number of carboxylic acid groups (broad SMARTS) is 1. The maximum atomic E-state index is 12.4. The van der Waals surface area contributed by atoms with Crippen LogP contribution in [0.3, 0.4) is 0 Å². The molecule has 1 amide bonds. The zero-order chi connectivity index (χ0) is 15.8. The Morgan fingerprint density at radius 1 is 1.29 bits per heavy atom. The molecule has 4 N–H and O–H groups in total. The molecule has 5 unspecified atom stereocenters. The summed E-state index contributed by atoms with van der Waals surface area (Å²) in [5, 5.41) is 12.1. The fourth-order valence-electron chi connectivity index (χ4n) is 4.05. The number of carboxylic acids is 1. The lowest BCUT2D eigenvalue weighted by Crippen LogP contribution is -2.47. The molecule has 5 heteroatoms. The second-order valence-electron chi connectivity index (χ2n) is 7.98. The first-order valence-electron chi connectivity index (χ1n) is 7.95. The van der Waals surface area contributed by atoms with Crippen molar-refractivity contribution in [2.75, 3.05) is 6.54 Å². The summed E-state index contributed by atoms with van der Waals surface area (Å²) in [4.78, 5) is 23.7. The zero-order valence-electron chi connectivity index (χ0n) is 13.3. The molecule has 2 saturated carbocycles. The third-order valence-corrected chi connectivity index (χ3v) is 5.01. The van der Waals surface area contributed by atoms with E-state index in [0.717, 1.165) is 19.3 Å². The van der Waals surface area contributed by atoms with Crippen LogP contribution in [0.5, 0.6) is 0 Å². The predicted molar refractivity (Wildman–Crippen MR) is 80.5 cm³/mol. The molecule has 0 radical (unpaired) electrons. The van der Waals surface area contributed by atoms with Gasteiger partial charge in [0.25, 0.3) is 0 Å². The first-order valence-corrected chi connectivity index (χ1v) is 7.95. The Labute approximate surface area is 126 Å². The maximum Gasteiger partial charge on any atom is 0.308 e. The number of carbonyl (C=O) groups is 2. The summed E-state index contributed by atoms with van der Waals surface area (Å²) in [7, 11) is 0. The molecule has 2 rings (SSSR count). The normalized spacial score (nSPS) is 33.0. The Kier molecular flexibility index (Phi) is 4.61. The lowest BCUT2D eigenvalue weighted by atomic mass is 9.83. The van der Waals surface area contributed by atoms with Crippen LogP contribution < -0.4 is 11.1 Å². The van der Waals surface area contributed by atoms with Crippen LogP contribution in [-0.4, -0.2) is 29.6 Å². The van der Waals surface area contributed by atoms with Crippen molar-refractivity contribution in [2.45, 2.75) is 52.5 Å². The lowest BCUT2D eigenvalue weighted by molar-refractivity contribution is -0.142. The Hall–Kier alpha value is -1.10. The molecule has 0 heterocycles. The van der Waals surface area contributed by atoms with E-state index in [1.165, 1.54) is 0 Å². The van der Waals surface area contributed by atoms with Crippen molar-refractivity contribution in [1.82, 2.24) is 5.32 Å². The monoisotopic (exact) mass is 296 g/mol. The maximum absolute atomic E-state index is 12.4. The van der Waals surface area contributed by atoms with Crippen LogP contribution in [0.15, 0.2) is 0 Å². The molecule has 0 saturated heterocycles. The van der Waals surface area contributed by atoms with Gasteiger partial charge in [0.2, 0.25) is 5.91 Å². The summed E-state index contributed by atoms with van der Waals surface area (Å²) >= 11 is 0. The van der Waals surface area contributed by atoms with Crippen molar-refractivity contribution in [3.63, 3.8) is 0 Å². The molecule has 0 aromatic heterocycles. The van der Waals surface area contributed by atoms with Gasteiger partial charge in [-0.05, 0) is 42.9 Å². The second-order valence-corrected chi connectivity index (χ2v) is 7.98. The van der Waals surface area contributed by atoms with E-state index in [4.69, 9.17) is 5.73 Å². The van der Waals surface area contributed by atoms with Crippen LogP contribution >= 0.6 is 0 Å². The first-order chi connectivity index (χ1) is 9.69. The molecular formula is C16H28N2O3. The molecule has 2 fully saturated rings. The molecular weight excluding hydrogens is 268 g/mol. The molecule has 0 aliphatic heterocycles. The van der Waals surface area contributed by atoms with Crippen molar-refractivity contribution in [3.05, 3.63) is 0 Å². The van der Waals surface area contributed by atoms with Crippen molar-refractivity contribution in [3.8, 4) is 0 Å². The number of nitrogens with one attached hydrogen (secondary N) is 1. The van der Waals surface area contributed by atoms with E-state index < -0.39 is 11.9 Å². The molecule has 2 aliphatic carbocycles. The van der Waals surface area contributed by atoms with Crippen LogP contribution in [0.25, 0.3) is 0 Å². The minimum atomic E-state index is -0.845. The highest BCUT2D eigenvalue weighted by atomic mass is 16.4. The standard InChI is InChI=1S/C16H28N2O3/c1-16(2,3)7-11(15(20)21)8-18-14(19)12-9-4-5-10(6-9)13(12)17/h9-13H,4-8,17H2,1-3H3,(H,18,19)(H,20,21). The van der Waals surface area contributed by atoms with Crippen molar-refractivity contribution in [1.29, 1.82) is 0 Å². The molecule has 5 atom stereocenters. The van der Waals surface area contributed by atoms with Gasteiger partial charge in [-0.2, -0.15) is 0 Å². The van der Waals surface area contributed by atoms with Crippen molar-refractivity contribution in [2.24, 2.45) is 34.8 Å². The molecule has 0 aromatic carbocycles. The average Bonchev–Trinajstić information content (AvgIpc) is 2.93. The zero-order valence-corrected chi connectivity index (χ0v) is 13.3. The molecule has 5 nitrogen and oxygen atoms in total. The smallest absolute Gasteiger partial charge is 0.308 e. The highest BCUT2D eigenvalue weighted by Crippen LogP contribution is 2.47. The van der Waals surface area contributed by atoms with E-state index in [0.29, 0.717) is 18.3 Å². The van der Waals surface area contributed by atoms with E-state index in [2.05, 4.69) is 5.32 Å². The summed E-state index contributed by atoms with van der Waals surface area (Å²) < 4.78 is 0. The van der Waals surface area contributed by atoms with Gasteiger partial charge in [-0.1, -0.05) is 20.8 Å². The van der Waals surface area contributed by atoms with Gasteiger partial charge in [-0.15, -0.1) is 0 Å². The van der Waals surface area contributed by atoms with Crippen LogP contribution in [0.2, 0.25) is 0 Å².